The molecule has 0 spiro atoms. The number of aliphatic hydroxyl groups is 1. The zero-order chi connectivity index (χ0) is 13.6. The van der Waals surface area contributed by atoms with E-state index in [1.54, 1.807) is 0 Å². The van der Waals surface area contributed by atoms with Crippen LogP contribution < -0.4 is 5.32 Å². The maximum absolute atomic E-state index is 10.6. The van der Waals surface area contributed by atoms with E-state index in [9.17, 15) is 5.11 Å². The molecule has 2 N–H and O–H groups in total. The average molecular weight is 262 g/mol. The normalized spacial score (nSPS) is 20.1. The molecule has 1 aromatic heterocycles. The van der Waals surface area contributed by atoms with Crippen LogP contribution in [0, 0.1) is 0 Å². The maximum atomic E-state index is 10.6. The van der Waals surface area contributed by atoms with Crippen LogP contribution in [0.4, 0.5) is 0 Å². The van der Waals surface area contributed by atoms with Gasteiger partial charge in [0, 0.05) is 18.8 Å². The summed E-state index contributed by atoms with van der Waals surface area (Å²) >= 11 is 0. The molecule has 1 aliphatic carbocycles. The molecule has 3 nitrogen and oxygen atoms in total. The summed E-state index contributed by atoms with van der Waals surface area (Å²) in [5, 5.41) is 14.1. The SMILES string of the molecule is CCCC(NCC1(O)CCCCC1)c1ccccn1. The van der Waals surface area contributed by atoms with Crippen LogP contribution in [0.2, 0.25) is 0 Å². The van der Waals surface area contributed by atoms with Crippen LogP contribution in [-0.2, 0) is 0 Å². The number of nitrogens with zero attached hydrogens (tertiary/aromatic N) is 1. The third-order valence-electron chi connectivity index (χ3n) is 4.08. The van der Waals surface area contributed by atoms with Gasteiger partial charge in [0.1, 0.15) is 0 Å². The molecule has 0 aromatic carbocycles. The molecule has 0 bridgehead atoms. The van der Waals surface area contributed by atoms with Crippen molar-refractivity contribution in [2.75, 3.05) is 6.54 Å². The van der Waals surface area contributed by atoms with E-state index in [0.29, 0.717) is 6.54 Å². The Bertz CT molecular complexity index is 360. The first kappa shape index (κ1) is 14.5. The minimum absolute atomic E-state index is 0.261. The summed E-state index contributed by atoms with van der Waals surface area (Å²) in [6.07, 6.45) is 9.46. The lowest BCUT2D eigenvalue weighted by atomic mass is 9.84. The van der Waals surface area contributed by atoms with E-state index in [4.69, 9.17) is 0 Å². The van der Waals surface area contributed by atoms with E-state index >= 15 is 0 Å². The van der Waals surface area contributed by atoms with Gasteiger partial charge in [0.25, 0.3) is 0 Å². The van der Waals surface area contributed by atoms with E-state index in [1.807, 2.05) is 18.3 Å². The van der Waals surface area contributed by atoms with E-state index in [0.717, 1.165) is 44.2 Å². The Balaban J connectivity index is 1.93. The molecule has 0 aliphatic heterocycles. The predicted octanol–water partition coefficient (Wildman–Crippen LogP) is 3.21. The van der Waals surface area contributed by atoms with Gasteiger partial charge in [0.15, 0.2) is 0 Å². The number of hydrogen-bond acceptors (Lipinski definition) is 3. The molecule has 1 fully saturated rings. The van der Waals surface area contributed by atoms with Gasteiger partial charge in [0.2, 0.25) is 0 Å². The fourth-order valence-electron chi connectivity index (χ4n) is 2.93. The van der Waals surface area contributed by atoms with Crippen LogP contribution in [0.1, 0.15) is 63.6 Å². The van der Waals surface area contributed by atoms with E-state index in [1.165, 1.54) is 6.42 Å². The summed E-state index contributed by atoms with van der Waals surface area (Å²) in [7, 11) is 0. The largest absolute Gasteiger partial charge is 0.389 e. The molecule has 19 heavy (non-hydrogen) atoms. The van der Waals surface area contributed by atoms with Crippen LogP contribution in [0.15, 0.2) is 24.4 Å². The minimum atomic E-state index is -0.501. The van der Waals surface area contributed by atoms with E-state index in [2.05, 4.69) is 23.3 Å². The zero-order valence-electron chi connectivity index (χ0n) is 11.9. The van der Waals surface area contributed by atoms with Gasteiger partial charge in [-0.15, -0.1) is 0 Å². The fraction of sp³-hybridized carbons (Fsp3) is 0.688. The van der Waals surface area contributed by atoms with Gasteiger partial charge in [-0.1, -0.05) is 38.7 Å². The second kappa shape index (κ2) is 7.01. The number of hydrogen-bond donors (Lipinski definition) is 2. The van der Waals surface area contributed by atoms with Gasteiger partial charge < -0.3 is 10.4 Å². The smallest absolute Gasteiger partial charge is 0.0771 e. The fourth-order valence-corrected chi connectivity index (χ4v) is 2.93. The highest BCUT2D eigenvalue weighted by Crippen LogP contribution is 2.28. The lowest BCUT2D eigenvalue weighted by Gasteiger charge is -2.33. The second-order valence-electron chi connectivity index (χ2n) is 5.76. The lowest BCUT2D eigenvalue weighted by Crippen LogP contribution is -2.43. The Kier molecular flexibility index (Phi) is 5.34. The predicted molar refractivity (Wildman–Crippen MR) is 77.9 cm³/mol. The van der Waals surface area contributed by atoms with E-state index < -0.39 is 5.60 Å². The van der Waals surface area contributed by atoms with Crippen molar-refractivity contribution in [3.63, 3.8) is 0 Å². The second-order valence-corrected chi connectivity index (χ2v) is 5.76. The summed E-state index contributed by atoms with van der Waals surface area (Å²) in [5.41, 5.74) is 0.586. The maximum Gasteiger partial charge on any atom is 0.0771 e. The van der Waals surface area contributed by atoms with Crippen molar-refractivity contribution in [3.8, 4) is 0 Å². The third kappa shape index (κ3) is 4.29. The van der Waals surface area contributed by atoms with Gasteiger partial charge in [-0.05, 0) is 31.4 Å². The molecule has 1 saturated carbocycles. The van der Waals surface area contributed by atoms with Crippen molar-refractivity contribution in [3.05, 3.63) is 30.1 Å². The minimum Gasteiger partial charge on any atom is -0.389 e. The molecule has 0 amide bonds. The first-order valence-corrected chi connectivity index (χ1v) is 7.60. The molecule has 1 aliphatic rings. The van der Waals surface area contributed by atoms with Crippen molar-refractivity contribution in [1.82, 2.24) is 10.3 Å². The zero-order valence-corrected chi connectivity index (χ0v) is 11.9. The van der Waals surface area contributed by atoms with Crippen molar-refractivity contribution in [2.24, 2.45) is 0 Å². The van der Waals surface area contributed by atoms with Crippen LogP contribution in [0.5, 0.6) is 0 Å². The van der Waals surface area contributed by atoms with Crippen molar-refractivity contribution in [2.45, 2.75) is 63.5 Å². The molecule has 1 aromatic rings. The van der Waals surface area contributed by atoms with Gasteiger partial charge in [0.05, 0.1) is 11.3 Å². The molecule has 1 heterocycles. The van der Waals surface area contributed by atoms with Gasteiger partial charge >= 0.3 is 0 Å². The number of aromatic nitrogens is 1. The Hall–Kier alpha value is -0.930. The molecule has 106 valence electrons. The first-order chi connectivity index (χ1) is 9.23. The summed E-state index contributed by atoms with van der Waals surface area (Å²) < 4.78 is 0. The average Bonchev–Trinajstić information content (AvgIpc) is 2.45. The van der Waals surface area contributed by atoms with Crippen LogP contribution in [0.3, 0.4) is 0 Å². The van der Waals surface area contributed by atoms with Gasteiger partial charge in [-0.25, -0.2) is 0 Å². The molecule has 1 atom stereocenters. The number of rotatable bonds is 6. The summed E-state index contributed by atoms with van der Waals surface area (Å²) in [6.45, 7) is 2.88. The standard InChI is InChI=1S/C16H26N2O/c1-2-8-14(15-9-4-7-12-17-15)18-13-16(19)10-5-3-6-11-16/h4,7,9,12,14,18-19H,2-3,5-6,8,10-11,13H2,1H3. The molecular weight excluding hydrogens is 236 g/mol. The molecule has 3 heteroatoms. The van der Waals surface area contributed by atoms with Crippen LogP contribution >= 0.6 is 0 Å². The number of pyridine rings is 1. The third-order valence-corrected chi connectivity index (χ3v) is 4.08. The van der Waals surface area contributed by atoms with E-state index in [-0.39, 0.29) is 6.04 Å². The molecule has 1 unspecified atom stereocenters. The summed E-state index contributed by atoms with van der Waals surface area (Å²) in [4.78, 5) is 4.44. The van der Waals surface area contributed by atoms with Gasteiger partial charge in [-0.3, -0.25) is 4.98 Å². The monoisotopic (exact) mass is 262 g/mol. The van der Waals surface area contributed by atoms with Crippen LogP contribution in [-0.4, -0.2) is 22.2 Å². The lowest BCUT2D eigenvalue weighted by molar-refractivity contribution is 0.00224. The van der Waals surface area contributed by atoms with Gasteiger partial charge in [-0.2, -0.15) is 0 Å². The van der Waals surface area contributed by atoms with Crippen molar-refractivity contribution < 1.29 is 5.11 Å². The topological polar surface area (TPSA) is 45.1 Å². The number of nitrogens with one attached hydrogen (secondary N) is 1. The molecule has 2 rings (SSSR count). The highest BCUT2D eigenvalue weighted by Gasteiger charge is 2.29. The van der Waals surface area contributed by atoms with Crippen molar-refractivity contribution in [1.29, 1.82) is 0 Å². The quantitative estimate of drug-likeness (QED) is 0.827. The Morgan fingerprint density at radius 1 is 1.32 bits per heavy atom. The summed E-state index contributed by atoms with van der Waals surface area (Å²) in [5.74, 6) is 0. The molecular formula is C16H26N2O. The summed E-state index contributed by atoms with van der Waals surface area (Å²) in [6, 6.07) is 6.30. The highest BCUT2D eigenvalue weighted by atomic mass is 16.3. The Morgan fingerprint density at radius 3 is 2.74 bits per heavy atom. The van der Waals surface area contributed by atoms with Crippen molar-refractivity contribution >= 4 is 0 Å². The van der Waals surface area contributed by atoms with Crippen LogP contribution in [0.25, 0.3) is 0 Å². The highest BCUT2D eigenvalue weighted by molar-refractivity contribution is 5.09. The Morgan fingerprint density at radius 2 is 2.11 bits per heavy atom. The molecule has 0 radical (unpaired) electrons. The molecule has 0 saturated heterocycles. The Labute approximate surface area is 116 Å². The first-order valence-electron chi connectivity index (χ1n) is 7.60.